The van der Waals surface area contributed by atoms with Crippen molar-refractivity contribution in [3.63, 3.8) is 0 Å². The quantitative estimate of drug-likeness (QED) is 0.312. The molecule has 1 rings (SSSR count). The first-order chi connectivity index (χ1) is 8.90. The Kier molecular flexibility index (Phi) is 5.70. The summed E-state index contributed by atoms with van der Waals surface area (Å²) in [5.41, 5.74) is 0. The van der Waals surface area contributed by atoms with E-state index in [0.717, 1.165) is 0 Å². The fraction of sp³-hybridized carbons (Fsp3) is 0.727. The molecule has 1 aliphatic rings. The largest absolute Gasteiger partial charge is 0.487 e. The summed E-state index contributed by atoms with van der Waals surface area (Å²) in [6, 6.07) is -0.996. The van der Waals surface area contributed by atoms with E-state index in [4.69, 9.17) is 14.9 Å². The number of hydrogen-bond acceptors (Lipinski definition) is 7. The van der Waals surface area contributed by atoms with Gasteiger partial charge in [-0.05, 0) is 6.08 Å². The van der Waals surface area contributed by atoms with E-state index in [-0.39, 0.29) is 5.76 Å². The monoisotopic (exact) mass is 277 g/mol. The summed E-state index contributed by atoms with van der Waals surface area (Å²) < 4.78 is 5.22. The molecule has 110 valence electrons. The molecule has 1 aliphatic heterocycles. The van der Waals surface area contributed by atoms with Gasteiger partial charge in [0.2, 0.25) is 5.91 Å². The predicted molar refractivity (Wildman–Crippen MR) is 62.8 cm³/mol. The van der Waals surface area contributed by atoms with Crippen molar-refractivity contribution in [2.45, 2.75) is 37.4 Å². The molecule has 8 nitrogen and oxygen atoms in total. The highest BCUT2D eigenvalue weighted by molar-refractivity contribution is 5.73. The molecular weight excluding hydrogens is 258 g/mol. The Hall–Kier alpha value is -1.19. The first-order valence-corrected chi connectivity index (χ1v) is 5.81. The molecule has 1 amide bonds. The zero-order valence-electron chi connectivity index (χ0n) is 10.4. The fourth-order valence-electron chi connectivity index (χ4n) is 1.88. The third kappa shape index (κ3) is 3.88. The van der Waals surface area contributed by atoms with Crippen LogP contribution in [0.3, 0.4) is 0 Å². The van der Waals surface area contributed by atoms with Gasteiger partial charge < -0.3 is 35.6 Å². The van der Waals surface area contributed by atoms with Crippen molar-refractivity contribution in [1.29, 1.82) is 0 Å². The van der Waals surface area contributed by atoms with E-state index in [1.807, 2.05) is 0 Å². The Labute approximate surface area is 109 Å². The lowest BCUT2D eigenvalue weighted by Crippen LogP contribution is -2.59. The van der Waals surface area contributed by atoms with Crippen molar-refractivity contribution in [1.82, 2.24) is 5.32 Å². The molecule has 0 unspecified atom stereocenters. The van der Waals surface area contributed by atoms with Crippen molar-refractivity contribution in [3.8, 4) is 0 Å². The summed E-state index contributed by atoms with van der Waals surface area (Å²) in [6.45, 7) is 0.0221. The number of ether oxygens (including phenoxy) is 1. The molecule has 0 fully saturated rings. The van der Waals surface area contributed by atoms with Gasteiger partial charge in [-0.25, -0.2) is 0 Å². The van der Waals surface area contributed by atoms with Crippen molar-refractivity contribution < 1.29 is 35.1 Å². The number of carbonyl (C=O) groups excluding carboxylic acids is 1. The second-order valence-electron chi connectivity index (χ2n) is 4.33. The van der Waals surface area contributed by atoms with Crippen LogP contribution in [-0.2, 0) is 9.53 Å². The third-order valence-corrected chi connectivity index (χ3v) is 2.81. The van der Waals surface area contributed by atoms with E-state index in [1.165, 1.54) is 13.0 Å². The summed E-state index contributed by atoms with van der Waals surface area (Å²) >= 11 is 0. The molecule has 0 saturated carbocycles. The Bertz CT molecular complexity index is 346. The Morgan fingerprint density at radius 2 is 2.11 bits per heavy atom. The highest BCUT2D eigenvalue weighted by Gasteiger charge is 2.41. The lowest BCUT2D eigenvalue weighted by molar-refractivity contribution is -0.133. The topological polar surface area (TPSA) is 139 Å². The van der Waals surface area contributed by atoms with E-state index in [9.17, 15) is 20.1 Å². The highest BCUT2D eigenvalue weighted by Crippen LogP contribution is 2.22. The summed E-state index contributed by atoms with van der Waals surface area (Å²) in [7, 11) is 0. The molecule has 6 N–H and O–H groups in total. The van der Waals surface area contributed by atoms with Crippen molar-refractivity contribution >= 4 is 5.91 Å². The lowest BCUT2D eigenvalue weighted by atomic mass is 9.94. The average Bonchev–Trinajstić information content (AvgIpc) is 2.38. The standard InChI is InChI=1S/C11H19NO7/c1-5(15)12-9-7(16)2-6(3-13)19-11(9)10(18)8(17)4-14/h2,7-11,13-14,16-18H,3-4H2,1H3,(H,12,15)/t7-,8+,9+,10+,11+/m0/s1. The van der Waals surface area contributed by atoms with Gasteiger partial charge in [0, 0.05) is 6.92 Å². The first-order valence-electron chi connectivity index (χ1n) is 5.81. The van der Waals surface area contributed by atoms with Gasteiger partial charge in [-0.3, -0.25) is 4.79 Å². The van der Waals surface area contributed by atoms with E-state index in [1.54, 1.807) is 0 Å². The number of hydrogen-bond donors (Lipinski definition) is 6. The molecule has 0 aromatic heterocycles. The fourth-order valence-corrected chi connectivity index (χ4v) is 1.88. The van der Waals surface area contributed by atoms with Crippen LogP contribution in [0.25, 0.3) is 0 Å². The van der Waals surface area contributed by atoms with Crippen LogP contribution >= 0.6 is 0 Å². The number of nitrogens with one attached hydrogen (secondary N) is 1. The molecule has 0 bridgehead atoms. The van der Waals surface area contributed by atoms with E-state index in [0.29, 0.717) is 0 Å². The zero-order chi connectivity index (χ0) is 14.6. The van der Waals surface area contributed by atoms with Gasteiger partial charge >= 0.3 is 0 Å². The molecule has 0 radical (unpaired) electrons. The van der Waals surface area contributed by atoms with Crippen LogP contribution in [0.1, 0.15) is 6.92 Å². The van der Waals surface area contributed by atoms with Crippen LogP contribution < -0.4 is 5.32 Å². The summed E-state index contributed by atoms with van der Waals surface area (Å²) in [5, 5.41) is 49.3. The third-order valence-electron chi connectivity index (χ3n) is 2.81. The minimum Gasteiger partial charge on any atom is -0.487 e. The molecular formula is C11H19NO7. The van der Waals surface area contributed by atoms with E-state index < -0.39 is 49.6 Å². The Morgan fingerprint density at radius 1 is 1.47 bits per heavy atom. The molecule has 0 aliphatic carbocycles. The number of aliphatic hydroxyl groups excluding tert-OH is 5. The second kappa shape index (κ2) is 6.83. The lowest BCUT2D eigenvalue weighted by Gasteiger charge is -2.38. The minimum absolute atomic E-state index is 0.0169. The van der Waals surface area contributed by atoms with Crippen molar-refractivity contribution in [2.24, 2.45) is 0 Å². The minimum atomic E-state index is -1.54. The molecule has 0 aromatic rings. The Morgan fingerprint density at radius 3 is 2.58 bits per heavy atom. The summed E-state index contributed by atoms with van der Waals surface area (Å²) in [5.74, 6) is -0.438. The number of rotatable bonds is 5. The number of amides is 1. The second-order valence-corrected chi connectivity index (χ2v) is 4.33. The first kappa shape index (κ1) is 15.9. The van der Waals surface area contributed by atoms with E-state index in [2.05, 4.69) is 5.32 Å². The van der Waals surface area contributed by atoms with Gasteiger partial charge in [0.1, 0.15) is 30.7 Å². The van der Waals surface area contributed by atoms with Crippen LogP contribution in [0.5, 0.6) is 0 Å². The van der Waals surface area contributed by atoms with Gasteiger partial charge in [0.15, 0.2) is 0 Å². The van der Waals surface area contributed by atoms with Crippen LogP contribution in [0.2, 0.25) is 0 Å². The maximum absolute atomic E-state index is 11.1. The average molecular weight is 277 g/mol. The van der Waals surface area contributed by atoms with Gasteiger partial charge in [0.25, 0.3) is 0 Å². The zero-order valence-corrected chi connectivity index (χ0v) is 10.4. The maximum Gasteiger partial charge on any atom is 0.217 e. The smallest absolute Gasteiger partial charge is 0.217 e. The Balaban J connectivity index is 2.94. The van der Waals surface area contributed by atoms with E-state index >= 15 is 0 Å². The SMILES string of the molecule is CC(=O)N[C@H]1[C@H]([C@H](O)[C@H](O)CO)OC(CO)=C[C@@H]1O. The molecule has 5 atom stereocenters. The van der Waals surface area contributed by atoms with Crippen molar-refractivity contribution in [2.75, 3.05) is 13.2 Å². The molecule has 19 heavy (non-hydrogen) atoms. The van der Waals surface area contributed by atoms with Crippen LogP contribution in [-0.4, -0.2) is 75.1 Å². The predicted octanol–water partition coefficient (Wildman–Crippen LogP) is -3.16. The molecule has 0 spiro atoms. The molecule has 0 aromatic carbocycles. The molecule has 1 heterocycles. The summed E-state index contributed by atoms with van der Waals surface area (Å²) in [4.78, 5) is 11.1. The van der Waals surface area contributed by atoms with Crippen LogP contribution in [0, 0.1) is 0 Å². The van der Waals surface area contributed by atoms with Crippen LogP contribution in [0.15, 0.2) is 11.8 Å². The van der Waals surface area contributed by atoms with Gasteiger partial charge in [-0.2, -0.15) is 0 Å². The number of carbonyl (C=O) groups is 1. The molecule has 0 saturated heterocycles. The van der Waals surface area contributed by atoms with Crippen molar-refractivity contribution in [3.05, 3.63) is 11.8 Å². The normalized spacial score (nSPS) is 30.0. The molecule has 8 heteroatoms. The van der Waals surface area contributed by atoms with Gasteiger partial charge in [0.05, 0.1) is 18.8 Å². The highest BCUT2D eigenvalue weighted by atomic mass is 16.5. The van der Waals surface area contributed by atoms with Crippen LogP contribution in [0.4, 0.5) is 0 Å². The van der Waals surface area contributed by atoms with Gasteiger partial charge in [-0.1, -0.05) is 0 Å². The number of aliphatic hydroxyl groups is 5. The van der Waals surface area contributed by atoms with Gasteiger partial charge in [-0.15, -0.1) is 0 Å². The maximum atomic E-state index is 11.1. The summed E-state index contributed by atoms with van der Waals surface area (Å²) in [6.07, 6.45) is -4.20.